The molecule has 0 bridgehead atoms. The summed E-state index contributed by atoms with van der Waals surface area (Å²) in [5.74, 6) is -1.37. The minimum atomic E-state index is -1.59. The van der Waals surface area contributed by atoms with Crippen molar-refractivity contribution in [2.24, 2.45) is 0 Å². The molecular formula is C10H15N3O4S. The van der Waals surface area contributed by atoms with Gasteiger partial charge >= 0.3 is 12.0 Å². The fraction of sp³-hybridized carbons (Fsp3) is 0.500. The summed E-state index contributed by atoms with van der Waals surface area (Å²) >= 11 is 1.52. The number of nitrogens with zero attached hydrogens (tertiary/aromatic N) is 1. The van der Waals surface area contributed by atoms with Crippen molar-refractivity contribution in [2.45, 2.75) is 19.4 Å². The molecule has 0 aliphatic carbocycles. The third-order valence-electron chi connectivity index (χ3n) is 2.03. The van der Waals surface area contributed by atoms with Crippen molar-refractivity contribution in [3.8, 4) is 0 Å². The van der Waals surface area contributed by atoms with E-state index in [2.05, 4.69) is 15.6 Å². The van der Waals surface area contributed by atoms with Crippen LogP contribution in [0.1, 0.15) is 10.7 Å². The van der Waals surface area contributed by atoms with Crippen LogP contribution in [0.3, 0.4) is 0 Å². The Kier molecular flexibility index (Phi) is 5.53. The van der Waals surface area contributed by atoms with Crippen molar-refractivity contribution in [1.29, 1.82) is 0 Å². The summed E-state index contributed by atoms with van der Waals surface area (Å²) in [4.78, 5) is 25.7. The maximum absolute atomic E-state index is 11.2. The molecule has 0 radical (unpaired) electrons. The van der Waals surface area contributed by atoms with Gasteiger partial charge in [0, 0.05) is 24.0 Å². The quantitative estimate of drug-likeness (QED) is 0.570. The number of thiazole rings is 1. The summed E-state index contributed by atoms with van der Waals surface area (Å²) in [6, 6.07) is -0.511. The Hall–Kier alpha value is -1.67. The van der Waals surface area contributed by atoms with E-state index in [9.17, 15) is 9.59 Å². The number of rotatable bonds is 6. The van der Waals surface area contributed by atoms with Crippen molar-refractivity contribution in [3.63, 3.8) is 0 Å². The van der Waals surface area contributed by atoms with Gasteiger partial charge in [-0.25, -0.2) is 14.6 Å². The van der Waals surface area contributed by atoms with E-state index in [0.717, 1.165) is 10.7 Å². The molecule has 0 aromatic carbocycles. The summed E-state index contributed by atoms with van der Waals surface area (Å²) in [6.45, 7) is 1.98. The van der Waals surface area contributed by atoms with Gasteiger partial charge in [0.05, 0.1) is 11.6 Å². The molecule has 0 aliphatic rings. The van der Waals surface area contributed by atoms with Crippen LogP contribution in [0.5, 0.6) is 0 Å². The van der Waals surface area contributed by atoms with Gasteiger partial charge in [-0.2, -0.15) is 0 Å². The molecule has 1 aromatic rings. The first-order valence-electron chi connectivity index (χ1n) is 5.32. The lowest BCUT2D eigenvalue weighted by molar-refractivity contribution is -0.146. The number of aliphatic hydroxyl groups is 1. The molecule has 8 heteroatoms. The molecule has 18 heavy (non-hydrogen) atoms. The van der Waals surface area contributed by atoms with Crippen LogP contribution in [0.15, 0.2) is 5.38 Å². The SMILES string of the molecule is Cc1csc(CCNC(=O)NC[C@H](O)C(=O)O)n1. The van der Waals surface area contributed by atoms with Gasteiger partial charge in [0.2, 0.25) is 0 Å². The summed E-state index contributed by atoms with van der Waals surface area (Å²) < 4.78 is 0. The van der Waals surface area contributed by atoms with Crippen LogP contribution in [-0.4, -0.2) is 46.4 Å². The number of carbonyl (C=O) groups excluding carboxylic acids is 1. The second-order valence-corrected chi connectivity index (χ2v) is 4.57. The first-order chi connectivity index (χ1) is 8.49. The number of amides is 2. The first-order valence-corrected chi connectivity index (χ1v) is 6.20. The zero-order valence-corrected chi connectivity index (χ0v) is 10.7. The molecule has 0 spiro atoms. The molecule has 0 aliphatic heterocycles. The van der Waals surface area contributed by atoms with E-state index in [1.165, 1.54) is 11.3 Å². The molecule has 0 fully saturated rings. The summed E-state index contributed by atoms with van der Waals surface area (Å²) in [6.07, 6.45) is -0.967. The molecule has 2 amide bonds. The monoisotopic (exact) mass is 273 g/mol. The third kappa shape index (κ3) is 5.11. The number of aliphatic hydroxyl groups excluding tert-OH is 1. The lowest BCUT2D eigenvalue weighted by Gasteiger charge is -2.08. The van der Waals surface area contributed by atoms with Gasteiger partial charge < -0.3 is 20.8 Å². The Morgan fingerprint density at radius 3 is 2.78 bits per heavy atom. The highest BCUT2D eigenvalue weighted by Crippen LogP contribution is 2.08. The number of nitrogens with one attached hydrogen (secondary N) is 2. The standard InChI is InChI=1S/C10H15N3O4S/c1-6-5-18-8(13-6)2-3-11-10(17)12-4-7(14)9(15)16/h5,7,14H,2-4H2,1H3,(H,15,16)(H2,11,12,17)/t7-/m0/s1. The average Bonchev–Trinajstić information content (AvgIpc) is 2.71. The highest BCUT2D eigenvalue weighted by molar-refractivity contribution is 7.09. The fourth-order valence-electron chi connectivity index (χ4n) is 1.14. The predicted molar refractivity (Wildman–Crippen MR) is 65.6 cm³/mol. The van der Waals surface area contributed by atoms with Gasteiger partial charge in [-0.1, -0.05) is 0 Å². The van der Waals surface area contributed by atoms with Crippen molar-refractivity contribution in [2.75, 3.05) is 13.1 Å². The molecule has 1 rings (SSSR count). The van der Waals surface area contributed by atoms with Crippen molar-refractivity contribution < 1.29 is 19.8 Å². The Labute approximate surface area is 108 Å². The lowest BCUT2D eigenvalue weighted by Crippen LogP contribution is -2.42. The highest BCUT2D eigenvalue weighted by atomic mass is 32.1. The number of aliphatic carboxylic acids is 1. The van der Waals surface area contributed by atoms with E-state index in [0.29, 0.717) is 13.0 Å². The molecule has 1 atom stereocenters. The van der Waals surface area contributed by atoms with Crippen LogP contribution in [0.4, 0.5) is 4.79 Å². The highest BCUT2D eigenvalue weighted by Gasteiger charge is 2.13. The first kappa shape index (κ1) is 14.4. The van der Waals surface area contributed by atoms with E-state index in [-0.39, 0.29) is 6.54 Å². The molecular weight excluding hydrogens is 258 g/mol. The minimum Gasteiger partial charge on any atom is -0.479 e. The van der Waals surface area contributed by atoms with Crippen LogP contribution >= 0.6 is 11.3 Å². The smallest absolute Gasteiger partial charge is 0.334 e. The number of urea groups is 1. The summed E-state index contributed by atoms with van der Waals surface area (Å²) in [5, 5.41) is 25.0. The molecule has 0 saturated carbocycles. The normalized spacial score (nSPS) is 11.9. The van der Waals surface area contributed by atoms with Crippen LogP contribution < -0.4 is 10.6 Å². The molecule has 1 heterocycles. The molecule has 4 N–H and O–H groups in total. The van der Waals surface area contributed by atoms with E-state index >= 15 is 0 Å². The van der Waals surface area contributed by atoms with Gasteiger partial charge in [0.1, 0.15) is 0 Å². The fourth-order valence-corrected chi connectivity index (χ4v) is 1.92. The number of carbonyl (C=O) groups is 2. The molecule has 1 aromatic heterocycles. The van der Waals surface area contributed by atoms with E-state index in [1.807, 2.05) is 12.3 Å². The maximum atomic E-state index is 11.2. The molecule has 0 saturated heterocycles. The Morgan fingerprint density at radius 2 is 2.22 bits per heavy atom. The number of carboxylic acids is 1. The predicted octanol–water partition coefficient (Wildman–Crippen LogP) is -0.261. The molecule has 0 unspecified atom stereocenters. The topological polar surface area (TPSA) is 112 Å². The number of aromatic nitrogens is 1. The summed E-state index contributed by atoms with van der Waals surface area (Å²) in [5.41, 5.74) is 0.948. The van der Waals surface area contributed by atoms with E-state index in [1.54, 1.807) is 0 Å². The second kappa shape index (κ2) is 6.92. The Balaban J connectivity index is 2.15. The van der Waals surface area contributed by atoms with Crippen LogP contribution in [-0.2, 0) is 11.2 Å². The third-order valence-corrected chi connectivity index (χ3v) is 3.06. The van der Waals surface area contributed by atoms with Crippen LogP contribution in [0.25, 0.3) is 0 Å². The van der Waals surface area contributed by atoms with Crippen LogP contribution in [0.2, 0.25) is 0 Å². The zero-order valence-electron chi connectivity index (χ0n) is 9.84. The largest absolute Gasteiger partial charge is 0.479 e. The van der Waals surface area contributed by atoms with Crippen LogP contribution in [0, 0.1) is 6.92 Å². The Bertz CT molecular complexity index is 421. The second-order valence-electron chi connectivity index (χ2n) is 3.62. The molecule has 100 valence electrons. The number of hydrogen-bond donors (Lipinski definition) is 4. The van der Waals surface area contributed by atoms with Gasteiger partial charge in [-0.15, -0.1) is 11.3 Å². The van der Waals surface area contributed by atoms with Gasteiger partial charge in [0.15, 0.2) is 6.10 Å². The summed E-state index contributed by atoms with van der Waals surface area (Å²) in [7, 11) is 0. The number of carboxylic acid groups (broad SMARTS) is 1. The average molecular weight is 273 g/mol. The van der Waals surface area contributed by atoms with Crippen molar-refractivity contribution in [1.82, 2.24) is 15.6 Å². The van der Waals surface area contributed by atoms with Crippen molar-refractivity contribution >= 4 is 23.3 Å². The van der Waals surface area contributed by atoms with E-state index < -0.39 is 18.1 Å². The number of aryl methyl sites for hydroxylation is 1. The number of hydrogen-bond acceptors (Lipinski definition) is 5. The molecule has 7 nitrogen and oxygen atoms in total. The van der Waals surface area contributed by atoms with Gasteiger partial charge in [0.25, 0.3) is 0 Å². The van der Waals surface area contributed by atoms with Gasteiger partial charge in [-0.05, 0) is 6.92 Å². The zero-order chi connectivity index (χ0) is 13.5. The lowest BCUT2D eigenvalue weighted by atomic mass is 10.3. The maximum Gasteiger partial charge on any atom is 0.334 e. The van der Waals surface area contributed by atoms with Gasteiger partial charge in [-0.3, -0.25) is 0 Å². The minimum absolute atomic E-state index is 0.322. The van der Waals surface area contributed by atoms with E-state index in [4.69, 9.17) is 10.2 Å². The Morgan fingerprint density at radius 1 is 1.50 bits per heavy atom. The van der Waals surface area contributed by atoms with Crippen molar-refractivity contribution in [3.05, 3.63) is 16.1 Å².